The number of morpholine rings is 1. The van der Waals surface area contributed by atoms with E-state index in [0.29, 0.717) is 19.8 Å². The summed E-state index contributed by atoms with van der Waals surface area (Å²) in [5, 5.41) is 3.36. The zero-order chi connectivity index (χ0) is 18.4. The summed E-state index contributed by atoms with van der Waals surface area (Å²) in [4.78, 5) is 22.6. The predicted molar refractivity (Wildman–Crippen MR) is 109 cm³/mol. The number of amides is 1. The fourth-order valence-corrected chi connectivity index (χ4v) is 4.95. The first-order valence-corrected chi connectivity index (χ1v) is 10.1. The summed E-state index contributed by atoms with van der Waals surface area (Å²) in [6, 6.07) is 12.8. The molecule has 138 valence electrons. The number of nitrogens with zero attached hydrogens (tertiary/aromatic N) is 3. The first kappa shape index (κ1) is 16.9. The second-order valence-corrected chi connectivity index (χ2v) is 8.16. The molecule has 2 heterocycles. The summed E-state index contributed by atoms with van der Waals surface area (Å²) < 4.78 is 5.35. The summed E-state index contributed by atoms with van der Waals surface area (Å²) in [5.74, 6) is 0.0862. The molecule has 0 atom stereocenters. The Morgan fingerprint density at radius 1 is 1.22 bits per heavy atom. The van der Waals surface area contributed by atoms with Crippen molar-refractivity contribution in [3.63, 3.8) is 0 Å². The third kappa shape index (κ3) is 2.94. The Labute approximate surface area is 162 Å². The fourth-order valence-electron chi connectivity index (χ4n) is 3.89. The fraction of sp³-hybridized carbons (Fsp3) is 0.333. The molecule has 1 saturated heterocycles. The summed E-state index contributed by atoms with van der Waals surface area (Å²) >= 11 is 1.64. The summed E-state index contributed by atoms with van der Waals surface area (Å²) in [7, 11) is 1.83. The van der Waals surface area contributed by atoms with E-state index in [2.05, 4.69) is 41.3 Å². The number of benzene rings is 2. The van der Waals surface area contributed by atoms with Crippen LogP contribution < -0.4 is 4.90 Å². The number of anilines is 1. The normalized spacial score (nSPS) is 16.3. The molecule has 1 aromatic heterocycles. The maximum Gasteiger partial charge on any atom is 0.242 e. The number of hydrogen-bond acceptors (Lipinski definition) is 5. The average Bonchev–Trinajstić information content (AvgIpc) is 3.26. The maximum atomic E-state index is 12.7. The molecule has 0 bridgehead atoms. The number of carbonyl (C=O) groups excluding carboxylic acids is 1. The summed E-state index contributed by atoms with van der Waals surface area (Å²) in [5.41, 5.74) is 3.61. The second kappa shape index (κ2) is 6.71. The zero-order valence-corrected chi connectivity index (χ0v) is 16.1. The van der Waals surface area contributed by atoms with Crippen molar-refractivity contribution in [3.8, 4) is 11.3 Å². The Hall–Kier alpha value is -2.28. The molecule has 5 nitrogen and oxygen atoms in total. The van der Waals surface area contributed by atoms with Gasteiger partial charge < -0.3 is 4.74 Å². The van der Waals surface area contributed by atoms with Gasteiger partial charge in [0.25, 0.3) is 0 Å². The number of aromatic nitrogens is 1. The molecular weight excluding hydrogens is 358 g/mol. The SMILES string of the molecule is CN(C(=O)CN1CCOCC1)c1nc2c(s1)Cc1c-2ccc2ccccc12. The van der Waals surface area contributed by atoms with Crippen molar-refractivity contribution >= 4 is 33.1 Å². The highest BCUT2D eigenvalue weighted by Crippen LogP contribution is 2.44. The number of rotatable bonds is 3. The lowest BCUT2D eigenvalue weighted by Crippen LogP contribution is -2.43. The van der Waals surface area contributed by atoms with Crippen LogP contribution in [0, 0.1) is 0 Å². The van der Waals surface area contributed by atoms with Gasteiger partial charge in [0.15, 0.2) is 5.13 Å². The largest absolute Gasteiger partial charge is 0.379 e. The van der Waals surface area contributed by atoms with Crippen LogP contribution >= 0.6 is 11.3 Å². The first-order chi connectivity index (χ1) is 13.2. The molecule has 0 saturated carbocycles. The Balaban J connectivity index is 1.40. The molecule has 0 radical (unpaired) electrons. The van der Waals surface area contributed by atoms with Gasteiger partial charge in [-0.05, 0) is 16.3 Å². The minimum Gasteiger partial charge on any atom is -0.379 e. The molecule has 2 aromatic carbocycles. The molecule has 1 fully saturated rings. The van der Waals surface area contributed by atoms with Crippen molar-refractivity contribution < 1.29 is 9.53 Å². The van der Waals surface area contributed by atoms with Crippen LogP contribution in [0.1, 0.15) is 10.4 Å². The molecule has 3 aromatic rings. The first-order valence-electron chi connectivity index (χ1n) is 9.28. The Morgan fingerprint density at radius 2 is 2.04 bits per heavy atom. The minimum absolute atomic E-state index is 0.0862. The van der Waals surface area contributed by atoms with Gasteiger partial charge in [0.05, 0.1) is 25.5 Å². The van der Waals surface area contributed by atoms with Gasteiger partial charge in [0.2, 0.25) is 5.91 Å². The number of ether oxygens (including phenoxy) is 1. The van der Waals surface area contributed by atoms with Gasteiger partial charge in [0, 0.05) is 37.0 Å². The van der Waals surface area contributed by atoms with Crippen LogP contribution in [0.3, 0.4) is 0 Å². The topological polar surface area (TPSA) is 45.7 Å². The average molecular weight is 379 g/mol. The van der Waals surface area contributed by atoms with E-state index in [4.69, 9.17) is 9.72 Å². The predicted octanol–water partition coefficient (Wildman–Crippen LogP) is 3.16. The molecular formula is C21H21N3O2S. The number of carbonyl (C=O) groups is 1. The number of likely N-dealkylation sites (N-methyl/N-ethyl adjacent to an activating group) is 1. The molecule has 0 N–H and O–H groups in total. The molecule has 1 aliphatic heterocycles. The van der Waals surface area contributed by atoms with E-state index in [-0.39, 0.29) is 5.91 Å². The van der Waals surface area contributed by atoms with Gasteiger partial charge in [0.1, 0.15) is 0 Å². The Bertz CT molecular complexity index is 1020. The standard InChI is InChI=1S/C21H21N3O2S/c1-23(19(25)13-24-8-10-26-11-9-24)21-22-20-16-7-6-14-4-2-3-5-15(14)17(16)12-18(20)27-21/h2-7H,8-13H2,1H3. The van der Waals surface area contributed by atoms with E-state index in [9.17, 15) is 4.79 Å². The molecule has 2 aliphatic rings. The monoisotopic (exact) mass is 379 g/mol. The lowest BCUT2D eigenvalue weighted by Gasteiger charge is -2.27. The van der Waals surface area contributed by atoms with Crippen LogP contribution in [-0.4, -0.2) is 55.7 Å². The van der Waals surface area contributed by atoms with Crippen molar-refractivity contribution in [2.45, 2.75) is 6.42 Å². The molecule has 0 spiro atoms. The van der Waals surface area contributed by atoms with E-state index in [1.807, 2.05) is 7.05 Å². The van der Waals surface area contributed by atoms with Crippen LogP contribution in [0.4, 0.5) is 5.13 Å². The minimum atomic E-state index is 0.0862. The van der Waals surface area contributed by atoms with Crippen LogP contribution in [0.5, 0.6) is 0 Å². The lowest BCUT2D eigenvalue weighted by atomic mass is 10.0. The van der Waals surface area contributed by atoms with E-state index >= 15 is 0 Å². The molecule has 1 aliphatic carbocycles. The Morgan fingerprint density at radius 3 is 2.89 bits per heavy atom. The number of thiazole rings is 1. The molecule has 5 rings (SSSR count). The van der Waals surface area contributed by atoms with Crippen LogP contribution in [-0.2, 0) is 16.0 Å². The van der Waals surface area contributed by atoms with Crippen LogP contribution in [0.15, 0.2) is 36.4 Å². The summed E-state index contributed by atoms with van der Waals surface area (Å²) in [6.45, 7) is 3.45. The smallest absolute Gasteiger partial charge is 0.242 e. The van der Waals surface area contributed by atoms with Crippen molar-refractivity contribution in [2.75, 3.05) is 44.8 Å². The highest BCUT2D eigenvalue weighted by molar-refractivity contribution is 7.16. The van der Waals surface area contributed by atoms with Gasteiger partial charge in [-0.15, -0.1) is 11.3 Å². The van der Waals surface area contributed by atoms with E-state index in [1.165, 1.54) is 26.8 Å². The lowest BCUT2D eigenvalue weighted by molar-refractivity contribution is -0.120. The van der Waals surface area contributed by atoms with E-state index in [0.717, 1.165) is 30.3 Å². The second-order valence-electron chi connectivity index (χ2n) is 7.10. The number of hydrogen-bond donors (Lipinski definition) is 0. The van der Waals surface area contributed by atoms with Gasteiger partial charge in [-0.2, -0.15) is 0 Å². The van der Waals surface area contributed by atoms with Crippen molar-refractivity contribution in [1.29, 1.82) is 0 Å². The third-order valence-corrected chi connectivity index (χ3v) is 6.57. The van der Waals surface area contributed by atoms with Crippen LogP contribution in [0.25, 0.3) is 22.0 Å². The van der Waals surface area contributed by atoms with Gasteiger partial charge in [-0.1, -0.05) is 36.4 Å². The maximum absolute atomic E-state index is 12.7. The van der Waals surface area contributed by atoms with E-state index < -0.39 is 0 Å². The van der Waals surface area contributed by atoms with E-state index in [1.54, 1.807) is 16.2 Å². The van der Waals surface area contributed by atoms with Crippen molar-refractivity contribution in [3.05, 3.63) is 46.8 Å². The Kier molecular flexibility index (Phi) is 4.19. The molecule has 27 heavy (non-hydrogen) atoms. The quantitative estimate of drug-likeness (QED) is 0.549. The van der Waals surface area contributed by atoms with Crippen molar-refractivity contribution in [1.82, 2.24) is 9.88 Å². The molecule has 6 heteroatoms. The highest BCUT2D eigenvalue weighted by Gasteiger charge is 2.27. The molecule has 1 amide bonds. The number of fused-ring (bicyclic) bond motifs is 5. The third-order valence-electron chi connectivity index (χ3n) is 5.44. The molecule has 0 unspecified atom stereocenters. The zero-order valence-electron chi connectivity index (χ0n) is 15.3. The highest BCUT2D eigenvalue weighted by atomic mass is 32.1. The summed E-state index contributed by atoms with van der Waals surface area (Å²) in [6.07, 6.45) is 0.898. The van der Waals surface area contributed by atoms with Gasteiger partial charge in [-0.25, -0.2) is 4.98 Å². The van der Waals surface area contributed by atoms with Crippen LogP contribution in [0.2, 0.25) is 0 Å². The van der Waals surface area contributed by atoms with Gasteiger partial charge >= 0.3 is 0 Å². The van der Waals surface area contributed by atoms with Gasteiger partial charge in [-0.3, -0.25) is 14.6 Å². The van der Waals surface area contributed by atoms with Crippen molar-refractivity contribution in [2.24, 2.45) is 0 Å².